The first kappa shape index (κ1) is 57.5. The van der Waals surface area contributed by atoms with Gasteiger partial charge >= 0.3 is 172 Å². The molecule has 0 amide bonds. The summed E-state index contributed by atoms with van der Waals surface area (Å²) < 4.78 is 1.11. The van der Waals surface area contributed by atoms with Crippen LogP contribution in [0.15, 0.2) is 30.3 Å². The maximum Gasteiger partial charge on any atom is 0.104 e. The van der Waals surface area contributed by atoms with Gasteiger partial charge in [0.1, 0.15) is 6.54 Å². The first-order valence-electron chi connectivity index (χ1n) is 24.8. The van der Waals surface area contributed by atoms with Crippen molar-refractivity contribution >= 4 is 17.2 Å². The van der Waals surface area contributed by atoms with Gasteiger partial charge in [-0.15, -0.1) is 0 Å². The van der Waals surface area contributed by atoms with E-state index in [9.17, 15) is 0 Å². The van der Waals surface area contributed by atoms with Crippen LogP contribution >= 0.6 is 17.2 Å². The van der Waals surface area contributed by atoms with Crippen molar-refractivity contribution in [2.75, 3.05) is 45.3 Å². The van der Waals surface area contributed by atoms with Crippen LogP contribution in [0.2, 0.25) is 0 Å². The number of hydrogen-bond donors (Lipinski definition) is 0. The van der Waals surface area contributed by atoms with E-state index in [-0.39, 0.29) is 17.0 Å². The number of halogens is 2. The number of nitrogens with zero attached hydrogens (tertiary/aromatic N) is 1. The van der Waals surface area contributed by atoms with E-state index < -0.39 is 5.96 Å². The van der Waals surface area contributed by atoms with Crippen molar-refractivity contribution in [1.82, 2.24) is 0 Å². The zero-order valence-electron chi connectivity index (χ0n) is 38.9. The van der Waals surface area contributed by atoms with E-state index in [1.54, 1.807) is 0 Å². The third kappa shape index (κ3) is 36.0. The minimum Gasteiger partial charge on any atom is -1.00 e. The number of benzene rings is 1. The zero-order valence-corrected chi connectivity index (χ0v) is 42.1. The minimum atomic E-state index is -1.98. The molecule has 0 unspecified atom stereocenters. The fourth-order valence-electron chi connectivity index (χ4n) is 8.57. The van der Waals surface area contributed by atoms with Crippen molar-refractivity contribution in [1.29, 1.82) is 0 Å². The fraction of sp³-hybridized carbons (Fsp3) is 0.882. The van der Waals surface area contributed by atoms with Crippen LogP contribution < -0.4 is 17.0 Å². The molecule has 0 saturated heterocycles. The van der Waals surface area contributed by atoms with Crippen LogP contribution in [-0.2, 0) is 6.54 Å². The summed E-state index contributed by atoms with van der Waals surface area (Å²) in [6, 6.07) is 10.9. The predicted octanol–water partition coefficient (Wildman–Crippen LogP) is 15.5. The van der Waals surface area contributed by atoms with Crippen LogP contribution in [0.1, 0.15) is 246 Å². The maximum atomic E-state index is 7.72. The molecule has 0 bridgehead atoms. The second kappa shape index (κ2) is 39.8. The molecular weight excluding hydrogens is 773 g/mol. The van der Waals surface area contributed by atoms with Gasteiger partial charge in [0, 0.05) is 5.56 Å². The predicted molar refractivity (Wildman–Crippen MR) is 255 cm³/mol. The molecule has 55 heavy (non-hydrogen) atoms. The zero-order chi connectivity index (χ0) is 39.9. The molecule has 0 spiro atoms. The van der Waals surface area contributed by atoms with E-state index in [2.05, 4.69) is 79.0 Å². The van der Waals surface area contributed by atoms with Gasteiger partial charge in [-0.25, -0.2) is 0 Å². The van der Waals surface area contributed by atoms with E-state index in [1.807, 2.05) is 0 Å². The molecule has 1 nitrogen and oxygen atoms in total. The van der Waals surface area contributed by atoms with Gasteiger partial charge in [0.05, 0.1) is 20.6 Å². The van der Waals surface area contributed by atoms with Gasteiger partial charge in [0.25, 0.3) is 0 Å². The molecule has 1 aromatic carbocycles. The van der Waals surface area contributed by atoms with Crippen LogP contribution in [0.5, 0.6) is 0 Å². The SMILES string of the molecule is CCCCCCCCCCCCCCCCP(Cl)(CCCC)(CCCC)CCCC.CCCCCCCCCCCCCC[N+](C)(C)Cc1ccccc1.[Br-]. The van der Waals surface area contributed by atoms with Gasteiger partial charge in [-0.05, 0) is 12.8 Å². The Labute approximate surface area is 364 Å². The van der Waals surface area contributed by atoms with Crippen molar-refractivity contribution in [3.63, 3.8) is 0 Å². The number of rotatable bonds is 39. The van der Waals surface area contributed by atoms with Crippen molar-refractivity contribution in [2.45, 2.75) is 247 Å². The largest absolute Gasteiger partial charge is 1.00 e. The number of hydrogen-bond acceptors (Lipinski definition) is 0. The van der Waals surface area contributed by atoms with Crippen molar-refractivity contribution in [3.05, 3.63) is 35.9 Å². The Hall–Kier alpha value is 0.380. The van der Waals surface area contributed by atoms with Crippen LogP contribution in [0.25, 0.3) is 0 Å². The number of unbranched alkanes of at least 4 members (excludes halogenated alkanes) is 27. The molecule has 0 aliphatic carbocycles. The topological polar surface area (TPSA) is 0 Å². The molecule has 0 N–H and O–H groups in total. The standard InChI is InChI=1S/C28H60ClP.C23H42N.BrH/c1-5-9-13-14-15-16-17-18-19-20-21-22-23-24-28-30(29,25-10-6-2,26-11-7-3)27-12-8-4;1-4-5-6-7-8-9-10-11-12-13-14-18-21-24(2,3)22-23-19-16-15-17-20-23;/h5-28H2,1-4H3;15-17,19-20H,4-14,18,21-22H2,1-3H3;1H/q;+1;/p-1. The van der Waals surface area contributed by atoms with Crippen LogP contribution in [0, 0.1) is 0 Å². The van der Waals surface area contributed by atoms with Gasteiger partial charge in [0.15, 0.2) is 0 Å². The molecule has 0 aliphatic heterocycles. The molecule has 0 aliphatic rings. The molecule has 330 valence electrons. The van der Waals surface area contributed by atoms with Gasteiger partial charge < -0.3 is 21.5 Å². The van der Waals surface area contributed by atoms with Gasteiger partial charge in [-0.3, -0.25) is 0 Å². The Morgan fingerprint density at radius 1 is 0.382 bits per heavy atom. The van der Waals surface area contributed by atoms with Crippen LogP contribution in [0.3, 0.4) is 0 Å². The molecule has 0 radical (unpaired) electrons. The molecule has 0 aromatic heterocycles. The van der Waals surface area contributed by atoms with Crippen LogP contribution in [-0.4, -0.2) is 49.8 Å². The summed E-state index contributed by atoms with van der Waals surface area (Å²) in [6.07, 6.45) is 50.9. The first-order valence-corrected chi connectivity index (χ1v) is 28.6. The third-order valence-electron chi connectivity index (χ3n) is 12.4. The summed E-state index contributed by atoms with van der Waals surface area (Å²) in [5, 5.41) is 0. The Balaban J connectivity index is 0. The summed E-state index contributed by atoms with van der Waals surface area (Å²) in [7, 11) is 4.73. The Morgan fingerprint density at radius 3 is 0.982 bits per heavy atom. The average molecular weight is 876 g/mol. The van der Waals surface area contributed by atoms with E-state index in [0.717, 1.165) is 11.0 Å². The number of quaternary nitrogens is 1. The second-order valence-corrected chi connectivity index (χ2v) is 26.9. The van der Waals surface area contributed by atoms with E-state index in [1.165, 1.54) is 242 Å². The van der Waals surface area contributed by atoms with Gasteiger partial charge in [-0.2, -0.15) is 0 Å². The van der Waals surface area contributed by atoms with E-state index in [4.69, 9.17) is 11.2 Å². The monoisotopic (exact) mass is 874 g/mol. The minimum absolute atomic E-state index is 0. The van der Waals surface area contributed by atoms with Crippen molar-refractivity contribution in [2.24, 2.45) is 0 Å². The van der Waals surface area contributed by atoms with Crippen molar-refractivity contribution in [3.8, 4) is 0 Å². The molecule has 1 rings (SSSR count). The smallest absolute Gasteiger partial charge is 0.104 e. The Kier molecular flexibility index (Phi) is 41.6. The van der Waals surface area contributed by atoms with Crippen molar-refractivity contribution < 1.29 is 21.5 Å². The third-order valence-corrected chi connectivity index (χ3v) is 20.1. The molecule has 0 heterocycles. The summed E-state index contributed by atoms with van der Waals surface area (Å²) in [4.78, 5) is 0. The second-order valence-electron chi connectivity index (χ2n) is 18.6. The molecule has 0 saturated carbocycles. The molecule has 0 fully saturated rings. The van der Waals surface area contributed by atoms with Gasteiger partial charge in [0.2, 0.25) is 0 Å². The summed E-state index contributed by atoms with van der Waals surface area (Å²) in [5.74, 6) is -1.98. The molecular formula is C51H102BrClNP. The molecule has 4 heteroatoms. The first-order chi connectivity index (χ1) is 26.2. The normalized spacial score (nSPS) is 12.5. The molecule has 0 atom stereocenters. The average Bonchev–Trinajstić information content (AvgIpc) is 3.17. The summed E-state index contributed by atoms with van der Waals surface area (Å²) in [6.45, 7) is 14.1. The van der Waals surface area contributed by atoms with Crippen LogP contribution in [0.4, 0.5) is 0 Å². The summed E-state index contributed by atoms with van der Waals surface area (Å²) in [5.41, 5.74) is 1.46. The van der Waals surface area contributed by atoms with Gasteiger partial charge in [-0.1, -0.05) is 128 Å². The maximum absolute atomic E-state index is 7.72. The van der Waals surface area contributed by atoms with E-state index in [0.29, 0.717) is 0 Å². The summed E-state index contributed by atoms with van der Waals surface area (Å²) >= 11 is 7.72. The Bertz CT molecular complexity index is 867. The fourth-order valence-corrected chi connectivity index (χ4v) is 15.7. The quantitative estimate of drug-likeness (QED) is 0.0351. The molecule has 1 aromatic rings. The van der Waals surface area contributed by atoms with E-state index >= 15 is 0 Å². The Morgan fingerprint density at radius 2 is 0.655 bits per heavy atom.